The van der Waals surface area contributed by atoms with E-state index in [-0.39, 0.29) is 5.25 Å². The van der Waals surface area contributed by atoms with Gasteiger partial charge in [0.25, 0.3) is 0 Å². The van der Waals surface area contributed by atoms with E-state index in [9.17, 15) is 8.42 Å². The molecule has 6 nitrogen and oxygen atoms in total. The minimum Gasteiger partial charge on any atom is -0.345 e. The van der Waals surface area contributed by atoms with Crippen LogP contribution in [0.1, 0.15) is 17.0 Å². The number of hydrogen-bond acceptors (Lipinski definition) is 6. The molecular formula is C14H18N4O2S2. The Morgan fingerprint density at radius 1 is 1.32 bits per heavy atom. The Kier molecular flexibility index (Phi) is 4.42. The van der Waals surface area contributed by atoms with Gasteiger partial charge in [-0.05, 0) is 19.0 Å². The minimum absolute atomic E-state index is 0.376. The fourth-order valence-electron chi connectivity index (χ4n) is 2.54. The van der Waals surface area contributed by atoms with Gasteiger partial charge in [0, 0.05) is 19.5 Å². The van der Waals surface area contributed by atoms with Crippen LogP contribution in [0.3, 0.4) is 0 Å². The Labute approximate surface area is 134 Å². The summed E-state index contributed by atoms with van der Waals surface area (Å²) < 4.78 is 26.1. The van der Waals surface area contributed by atoms with Crippen LogP contribution in [-0.2, 0) is 16.4 Å². The molecule has 22 heavy (non-hydrogen) atoms. The van der Waals surface area contributed by atoms with Gasteiger partial charge in [-0.15, -0.1) is 10.2 Å². The van der Waals surface area contributed by atoms with Gasteiger partial charge in [-0.3, -0.25) is 0 Å². The van der Waals surface area contributed by atoms with Crippen molar-refractivity contribution >= 4 is 26.5 Å². The molecule has 0 aliphatic carbocycles. The van der Waals surface area contributed by atoms with Crippen LogP contribution in [-0.4, -0.2) is 44.0 Å². The van der Waals surface area contributed by atoms with Crippen LogP contribution in [0.4, 0.5) is 5.13 Å². The number of aromatic nitrogens is 2. The van der Waals surface area contributed by atoms with E-state index in [2.05, 4.69) is 27.1 Å². The van der Waals surface area contributed by atoms with Gasteiger partial charge in [0.05, 0.1) is 5.25 Å². The Balaban J connectivity index is 1.67. The van der Waals surface area contributed by atoms with Crippen molar-refractivity contribution in [3.8, 4) is 0 Å². The molecule has 0 bridgehead atoms. The summed E-state index contributed by atoms with van der Waals surface area (Å²) in [5.41, 5.74) is 1.20. The van der Waals surface area contributed by atoms with E-state index >= 15 is 0 Å². The van der Waals surface area contributed by atoms with Gasteiger partial charge in [0.15, 0.2) is 0 Å². The fourth-order valence-corrected chi connectivity index (χ4v) is 4.57. The van der Waals surface area contributed by atoms with E-state index in [1.165, 1.54) is 23.9 Å². The highest BCUT2D eigenvalue weighted by atomic mass is 32.2. The van der Waals surface area contributed by atoms with Gasteiger partial charge in [-0.1, -0.05) is 41.7 Å². The molecule has 8 heteroatoms. The van der Waals surface area contributed by atoms with Crippen LogP contribution in [0, 0.1) is 0 Å². The molecule has 1 N–H and O–H groups in total. The zero-order chi connectivity index (χ0) is 15.6. The smallest absolute Gasteiger partial charge is 0.216 e. The van der Waals surface area contributed by atoms with Crippen LogP contribution in [0.25, 0.3) is 0 Å². The van der Waals surface area contributed by atoms with Crippen LogP contribution in [0.2, 0.25) is 0 Å². The number of nitrogens with one attached hydrogen (secondary N) is 1. The van der Waals surface area contributed by atoms with Gasteiger partial charge in [-0.2, -0.15) is 0 Å². The Morgan fingerprint density at radius 3 is 2.82 bits per heavy atom. The van der Waals surface area contributed by atoms with Crippen molar-refractivity contribution in [3.05, 3.63) is 40.9 Å². The molecule has 1 unspecified atom stereocenters. The maximum Gasteiger partial charge on any atom is 0.216 e. The maximum atomic E-state index is 11.9. The van der Waals surface area contributed by atoms with Gasteiger partial charge >= 0.3 is 0 Å². The molecule has 3 rings (SSSR count). The Bertz CT molecular complexity index is 730. The SMILES string of the molecule is CNS(=O)(=O)C1CCN(c2nnc(Cc3ccccc3)s2)C1. The molecule has 0 saturated carbocycles. The third-order valence-corrected chi connectivity index (χ3v) is 6.61. The van der Waals surface area contributed by atoms with Crippen LogP contribution in [0.5, 0.6) is 0 Å². The van der Waals surface area contributed by atoms with E-state index in [0.717, 1.165) is 16.6 Å². The van der Waals surface area contributed by atoms with Crippen molar-refractivity contribution in [1.29, 1.82) is 0 Å². The molecule has 1 atom stereocenters. The first-order valence-electron chi connectivity index (χ1n) is 7.12. The number of nitrogens with zero attached hydrogens (tertiary/aromatic N) is 3. The largest absolute Gasteiger partial charge is 0.345 e. The first-order valence-corrected chi connectivity index (χ1v) is 9.48. The number of anilines is 1. The molecule has 1 aromatic carbocycles. The summed E-state index contributed by atoms with van der Waals surface area (Å²) in [5.74, 6) is 0. The second-order valence-corrected chi connectivity index (χ2v) is 8.45. The lowest BCUT2D eigenvalue weighted by molar-refractivity contribution is 0.575. The number of rotatable bonds is 5. The van der Waals surface area contributed by atoms with Crippen molar-refractivity contribution in [1.82, 2.24) is 14.9 Å². The summed E-state index contributed by atoms with van der Waals surface area (Å²) in [4.78, 5) is 2.01. The molecule has 118 valence electrons. The van der Waals surface area contributed by atoms with Gasteiger partial charge in [0.1, 0.15) is 5.01 Å². The summed E-state index contributed by atoms with van der Waals surface area (Å²) in [6.45, 7) is 1.18. The topological polar surface area (TPSA) is 75.2 Å². The molecule has 1 aliphatic heterocycles. The van der Waals surface area contributed by atoms with Crippen molar-refractivity contribution in [2.45, 2.75) is 18.1 Å². The molecule has 1 aliphatic rings. The number of hydrogen-bond donors (Lipinski definition) is 1. The quantitative estimate of drug-likeness (QED) is 0.888. The van der Waals surface area contributed by atoms with Crippen LogP contribution in [0.15, 0.2) is 30.3 Å². The lowest BCUT2D eigenvalue weighted by atomic mass is 10.2. The number of benzene rings is 1. The molecule has 1 aromatic heterocycles. The standard InChI is InChI=1S/C14H18N4O2S2/c1-15-22(19,20)12-7-8-18(10-12)14-17-16-13(21-14)9-11-5-3-2-4-6-11/h2-6,12,15H,7-10H2,1H3. The highest BCUT2D eigenvalue weighted by molar-refractivity contribution is 7.90. The number of sulfonamides is 1. The highest BCUT2D eigenvalue weighted by Crippen LogP contribution is 2.27. The summed E-state index contributed by atoms with van der Waals surface area (Å²) in [6.07, 6.45) is 1.38. The van der Waals surface area contributed by atoms with Gasteiger partial charge < -0.3 is 4.90 Å². The van der Waals surface area contributed by atoms with Crippen molar-refractivity contribution in [3.63, 3.8) is 0 Å². The van der Waals surface area contributed by atoms with Crippen molar-refractivity contribution in [2.75, 3.05) is 25.0 Å². The first kappa shape index (κ1) is 15.4. The normalized spacial score (nSPS) is 18.8. The molecular weight excluding hydrogens is 320 g/mol. The van der Waals surface area contributed by atoms with E-state index in [1.54, 1.807) is 0 Å². The van der Waals surface area contributed by atoms with E-state index in [4.69, 9.17) is 0 Å². The molecule has 0 amide bonds. The average Bonchev–Trinajstić information content (AvgIpc) is 3.17. The van der Waals surface area contributed by atoms with Crippen molar-refractivity contribution < 1.29 is 8.42 Å². The summed E-state index contributed by atoms with van der Waals surface area (Å²) >= 11 is 1.53. The summed E-state index contributed by atoms with van der Waals surface area (Å²) in [7, 11) is -1.76. The molecule has 1 fully saturated rings. The van der Waals surface area contributed by atoms with Crippen LogP contribution < -0.4 is 9.62 Å². The van der Waals surface area contributed by atoms with E-state index in [0.29, 0.717) is 19.5 Å². The summed E-state index contributed by atoms with van der Waals surface area (Å²) in [5, 5.41) is 9.82. The molecule has 2 aromatic rings. The second-order valence-electron chi connectivity index (χ2n) is 5.25. The van der Waals surface area contributed by atoms with Gasteiger partial charge in [0.2, 0.25) is 15.2 Å². The maximum absolute atomic E-state index is 11.9. The fraction of sp³-hybridized carbons (Fsp3) is 0.429. The zero-order valence-corrected chi connectivity index (χ0v) is 13.9. The molecule has 0 spiro atoms. The molecule has 2 heterocycles. The lowest BCUT2D eigenvalue weighted by Gasteiger charge is -2.14. The van der Waals surface area contributed by atoms with E-state index in [1.807, 2.05) is 23.1 Å². The lowest BCUT2D eigenvalue weighted by Crippen LogP contribution is -2.34. The predicted molar refractivity (Wildman–Crippen MR) is 87.8 cm³/mol. The average molecular weight is 338 g/mol. The second kappa shape index (κ2) is 6.31. The third-order valence-electron chi connectivity index (χ3n) is 3.79. The van der Waals surface area contributed by atoms with Crippen LogP contribution >= 0.6 is 11.3 Å². The van der Waals surface area contributed by atoms with Crippen molar-refractivity contribution in [2.24, 2.45) is 0 Å². The zero-order valence-electron chi connectivity index (χ0n) is 12.3. The minimum atomic E-state index is -3.22. The molecule has 1 saturated heterocycles. The van der Waals surface area contributed by atoms with Gasteiger partial charge in [-0.25, -0.2) is 13.1 Å². The monoisotopic (exact) mass is 338 g/mol. The third kappa shape index (κ3) is 3.29. The summed E-state index contributed by atoms with van der Waals surface area (Å²) in [6, 6.07) is 10.1. The predicted octanol–water partition coefficient (Wildman–Crippen LogP) is 1.26. The Hall–Kier alpha value is -1.51. The first-order chi connectivity index (χ1) is 10.6. The Morgan fingerprint density at radius 2 is 2.09 bits per heavy atom. The molecule has 0 radical (unpaired) electrons. The van der Waals surface area contributed by atoms with E-state index < -0.39 is 10.0 Å². The highest BCUT2D eigenvalue weighted by Gasteiger charge is 2.33.